The second-order valence-corrected chi connectivity index (χ2v) is 7.48. The number of hydrogen-bond donors (Lipinski definition) is 2. The summed E-state index contributed by atoms with van der Waals surface area (Å²) in [5.41, 5.74) is -1.44. The number of phenols is 1. The predicted molar refractivity (Wildman–Crippen MR) is 112 cm³/mol. The van der Waals surface area contributed by atoms with Crippen LogP contribution < -0.4 is 4.74 Å². The second kappa shape index (κ2) is 10.3. The highest BCUT2D eigenvalue weighted by molar-refractivity contribution is 6.02. The van der Waals surface area contributed by atoms with Gasteiger partial charge in [-0.15, -0.1) is 0 Å². The molecule has 1 aliphatic rings. The van der Waals surface area contributed by atoms with Gasteiger partial charge in [0.05, 0.1) is 18.1 Å². The normalized spacial score (nSPS) is 25.4. The Kier molecular flexibility index (Phi) is 7.99. The Morgan fingerprint density at radius 3 is 2.39 bits per heavy atom. The van der Waals surface area contributed by atoms with Gasteiger partial charge in [0, 0.05) is 12.3 Å². The summed E-state index contributed by atoms with van der Waals surface area (Å²) in [6.07, 6.45) is 2.31. The second-order valence-electron chi connectivity index (χ2n) is 7.48. The molecule has 2 N–H and O–H groups in total. The van der Waals surface area contributed by atoms with Gasteiger partial charge < -0.3 is 24.4 Å². The van der Waals surface area contributed by atoms with Gasteiger partial charge in [-0.3, -0.25) is 14.4 Å². The predicted octanol–water partition coefficient (Wildman–Crippen LogP) is 2.29. The van der Waals surface area contributed by atoms with E-state index in [1.54, 1.807) is 6.92 Å². The summed E-state index contributed by atoms with van der Waals surface area (Å²) in [5.74, 6) is -5.93. The molecule has 0 bridgehead atoms. The molecule has 0 aliphatic heterocycles. The van der Waals surface area contributed by atoms with Crippen molar-refractivity contribution in [2.45, 2.75) is 31.8 Å². The molecule has 0 amide bonds. The molecule has 0 radical (unpaired) electrons. The summed E-state index contributed by atoms with van der Waals surface area (Å²) in [4.78, 5) is 38.7. The summed E-state index contributed by atoms with van der Waals surface area (Å²) in [7, 11) is 0. The number of esters is 2. The zero-order valence-electron chi connectivity index (χ0n) is 17.7. The van der Waals surface area contributed by atoms with Crippen LogP contribution >= 0.6 is 0 Å². The van der Waals surface area contributed by atoms with Crippen molar-refractivity contribution in [1.82, 2.24) is 0 Å². The van der Waals surface area contributed by atoms with Gasteiger partial charge in [0.15, 0.2) is 17.3 Å². The fourth-order valence-electron chi connectivity index (χ4n) is 3.89. The highest BCUT2D eigenvalue weighted by atomic mass is 16.5. The van der Waals surface area contributed by atoms with E-state index in [0.717, 1.165) is 0 Å². The number of rotatable bonds is 9. The summed E-state index contributed by atoms with van der Waals surface area (Å²) in [6, 6.07) is 4.25. The number of ether oxygens (including phenoxy) is 3. The van der Waals surface area contributed by atoms with Gasteiger partial charge in [0.2, 0.25) is 0 Å². The van der Waals surface area contributed by atoms with Crippen molar-refractivity contribution < 1.29 is 38.8 Å². The lowest BCUT2D eigenvalue weighted by Gasteiger charge is -2.43. The van der Waals surface area contributed by atoms with Crippen LogP contribution in [0.1, 0.15) is 31.7 Å². The minimum absolute atomic E-state index is 0.0998. The molecule has 0 aromatic heterocycles. The maximum absolute atomic E-state index is 12.9. The molecule has 1 aromatic carbocycles. The molecule has 168 valence electrons. The lowest BCUT2D eigenvalue weighted by Crippen LogP contribution is -2.55. The van der Waals surface area contributed by atoms with Crippen LogP contribution in [0, 0.1) is 11.8 Å². The third-order valence-electron chi connectivity index (χ3n) is 5.13. The van der Waals surface area contributed by atoms with Gasteiger partial charge in [0.25, 0.3) is 0 Å². The molecular formula is C23H28O8. The van der Waals surface area contributed by atoms with Crippen LogP contribution in [0.15, 0.2) is 43.5 Å². The molecule has 4 unspecified atom stereocenters. The monoisotopic (exact) mass is 432 g/mol. The first kappa shape index (κ1) is 24.1. The number of phenolic OH excluding ortho intramolecular Hbond substituents is 1. The number of aliphatic hydroxyl groups is 1. The van der Waals surface area contributed by atoms with E-state index in [9.17, 15) is 24.6 Å². The number of Topliss-reactive ketones (excluding diaryl/α,β-unsaturated/α-hetero) is 1. The Morgan fingerprint density at radius 1 is 1.19 bits per heavy atom. The van der Waals surface area contributed by atoms with E-state index in [1.807, 2.05) is 0 Å². The molecule has 1 aliphatic carbocycles. The van der Waals surface area contributed by atoms with E-state index in [-0.39, 0.29) is 31.3 Å². The van der Waals surface area contributed by atoms with Crippen LogP contribution in [-0.2, 0) is 23.9 Å². The molecular weight excluding hydrogens is 404 g/mol. The van der Waals surface area contributed by atoms with E-state index < -0.39 is 47.5 Å². The van der Waals surface area contributed by atoms with Crippen molar-refractivity contribution in [1.29, 1.82) is 0 Å². The maximum Gasteiger partial charge on any atom is 0.317 e. The third kappa shape index (κ3) is 5.32. The van der Waals surface area contributed by atoms with Crippen molar-refractivity contribution in [3.8, 4) is 11.5 Å². The molecule has 1 fully saturated rings. The number of hydrogen-bond acceptors (Lipinski definition) is 8. The van der Waals surface area contributed by atoms with Gasteiger partial charge in [-0.25, -0.2) is 0 Å². The lowest BCUT2D eigenvalue weighted by molar-refractivity contribution is -0.172. The van der Waals surface area contributed by atoms with Crippen molar-refractivity contribution in [3.63, 3.8) is 0 Å². The van der Waals surface area contributed by atoms with Crippen molar-refractivity contribution in [2.24, 2.45) is 11.8 Å². The minimum Gasteiger partial charge on any atom is -0.504 e. The largest absolute Gasteiger partial charge is 0.504 e. The summed E-state index contributed by atoms with van der Waals surface area (Å²) >= 11 is 0. The van der Waals surface area contributed by atoms with Crippen LogP contribution in [0.3, 0.4) is 0 Å². The Hall–Kier alpha value is -3.13. The zero-order valence-corrected chi connectivity index (χ0v) is 17.7. The van der Waals surface area contributed by atoms with Crippen LogP contribution in [0.5, 0.6) is 11.5 Å². The third-order valence-corrected chi connectivity index (χ3v) is 5.13. The quantitative estimate of drug-likeness (QED) is 0.347. The van der Waals surface area contributed by atoms with Crippen molar-refractivity contribution in [2.75, 3.05) is 19.8 Å². The van der Waals surface area contributed by atoms with Gasteiger partial charge in [0.1, 0.15) is 19.1 Å². The van der Waals surface area contributed by atoms with Gasteiger partial charge in [-0.1, -0.05) is 31.4 Å². The number of benzene rings is 1. The number of ketones is 1. The van der Waals surface area contributed by atoms with Crippen molar-refractivity contribution in [3.05, 3.63) is 49.1 Å². The van der Waals surface area contributed by atoms with E-state index >= 15 is 0 Å². The first-order valence-electron chi connectivity index (χ1n) is 9.93. The molecule has 4 atom stereocenters. The maximum atomic E-state index is 12.9. The standard InChI is InChI=1S/C23H28O8/c1-5-10-30-21(26)19-16(25)13-23(4,28)20(22(27)31-11-6-2)18(19)14-8-9-15(24)17(12-14)29-7-3/h5-6,8-9,12,18-20,24,28H,1-2,7,10-11,13H2,3-4H3. The SMILES string of the molecule is C=CCOC(=O)C1C(=O)CC(C)(O)C(C(=O)OCC=C)C1c1ccc(O)c(OCC)c1. The van der Waals surface area contributed by atoms with Crippen LogP contribution in [0.2, 0.25) is 0 Å². The molecule has 0 saturated heterocycles. The van der Waals surface area contributed by atoms with Gasteiger partial charge >= 0.3 is 11.9 Å². The smallest absolute Gasteiger partial charge is 0.317 e. The van der Waals surface area contributed by atoms with Gasteiger partial charge in [-0.2, -0.15) is 0 Å². The number of aromatic hydroxyl groups is 1. The Morgan fingerprint density at radius 2 is 1.81 bits per heavy atom. The molecule has 8 heteroatoms. The molecule has 1 aromatic rings. The highest BCUT2D eigenvalue weighted by Crippen LogP contribution is 2.48. The van der Waals surface area contributed by atoms with E-state index in [0.29, 0.717) is 5.56 Å². The molecule has 0 heterocycles. The summed E-state index contributed by atoms with van der Waals surface area (Å²) in [6.45, 7) is 10.1. The Labute approximate surface area is 181 Å². The average Bonchev–Trinajstić information content (AvgIpc) is 2.70. The fourth-order valence-corrected chi connectivity index (χ4v) is 3.89. The first-order valence-corrected chi connectivity index (χ1v) is 9.93. The molecule has 0 spiro atoms. The molecule has 1 saturated carbocycles. The molecule has 8 nitrogen and oxygen atoms in total. The lowest BCUT2D eigenvalue weighted by atomic mass is 9.61. The topological polar surface area (TPSA) is 119 Å². The Balaban J connectivity index is 2.64. The Bertz CT molecular complexity index is 857. The fraction of sp³-hybridized carbons (Fsp3) is 0.435. The zero-order chi connectivity index (χ0) is 23.2. The minimum atomic E-state index is -1.78. The van der Waals surface area contributed by atoms with Crippen LogP contribution in [-0.4, -0.2) is 53.4 Å². The van der Waals surface area contributed by atoms with Crippen molar-refractivity contribution >= 4 is 17.7 Å². The van der Waals surface area contributed by atoms with Gasteiger partial charge in [-0.05, 0) is 31.5 Å². The number of carbonyl (C=O) groups is 3. The highest BCUT2D eigenvalue weighted by Gasteiger charge is 2.57. The average molecular weight is 432 g/mol. The van der Waals surface area contributed by atoms with E-state index in [1.165, 1.54) is 37.3 Å². The molecule has 2 rings (SSSR count). The number of carbonyl (C=O) groups excluding carboxylic acids is 3. The first-order chi connectivity index (χ1) is 14.7. The van der Waals surface area contributed by atoms with E-state index in [2.05, 4.69) is 13.2 Å². The van der Waals surface area contributed by atoms with E-state index in [4.69, 9.17) is 14.2 Å². The summed E-state index contributed by atoms with van der Waals surface area (Å²) < 4.78 is 15.7. The van der Waals surface area contributed by atoms with Crippen LogP contribution in [0.25, 0.3) is 0 Å². The molecule has 31 heavy (non-hydrogen) atoms. The van der Waals surface area contributed by atoms with Crippen LogP contribution in [0.4, 0.5) is 0 Å². The summed E-state index contributed by atoms with van der Waals surface area (Å²) in [5, 5.41) is 21.1.